The predicted octanol–water partition coefficient (Wildman–Crippen LogP) is 7.30. The van der Waals surface area contributed by atoms with Gasteiger partial charge in [0.05, 0.1) is 0 Å². The highest BCUT2D eigenvalue weighted by molar-refractivity contribution is 7.74. The average molecular weight is 483 g/mol. The average Bonchev–Trinajstić information content (AvgIpc) is 2.90. The van der Waals surface area contributed by atoms with Gasteiger partial charge in [0.15, 0.2) is 0 Å². The lowest BCUT2D eigenvalue weighted by Crippen LogP contribution is -2.34. The number of hydrogen-bond donors (Lipinski definition) is 0. The van der Waals surface area contributed by atoms with Crippen molar-refractivity contribution in [3.05, 3.63) is 121 Å². The van der Waals surface area contributed by atoms with Gasteiger partial charge in [-0.1, -0.05) is 149 Å². The van der Waals surface area contributed by atoms with E-state index in [4.69, 9.17) is 0 Å². The molecule has 0 heterocycles. The molecule has 4 aromatic rings. The van der Waals surface area contributed by atoms with E-state index in [0.29, 0.717) is 23.2 Å². The lowest BCUT2D eigenvalue weighted by Gasteiger charge is -2.39. The van der Waals surface area contributed by atoms with Crippen LogP contribution < -0.4 is 21.2 Å². The molecule has 0 bridgehead atoms. The molecule has 0 unspecified atom stereocenters. The third-order valence-electron chi connectivity index (χ3n) is 7.30. The van der Waals surface area contributed by atoms with E-state index in [-0.39, 0.29) is 0 Å². The van der Waals surface area contributed by atoms with Crippen LogP contribution in [0, 0.1) is 11.8 Å². The molecule has 0 N–H and O–H groups in total. The van der Waals surface area contributed by atoms with Gasteiger partial charge in [0, 0.05) is 0 Å². The zero-order valence-corrected chi connectivity index (χ0v) is 22.5. The molecule has 0 saturated heterocycles. The third-order valence-corrected chi connectivity index (χ3v) is 13.3. The Morgan fingerprint density at radius 3 is 0.765 bits per heavy atom. The van der Waals surface area contributed by atoms with Crippen molar-refractivity contribution in [3.63, 3.8) is 0 Å². The molecular weight excluding hydrogens is 446 g/mol. The normalized spacial score (nSPS) is 15.1. The molecule has 0 fully saturated rings. The third kappa shape index (κ3) is 5.68. The van der Waals surface area contributed by atoms with E-state index in [9.17, 15) is 0 Å². The Balaban J connectivity index is 1.65. The summed E-state index contributed by atoms with van der Waals surface area (Å²) in [6.07, 6.45) is 0. The molecule has 174 valence electrons. The van der Waals surface area contributed by atoms with Crippen molar-refractivity contribution >= 4 is 37.1 Å². The van der Waals surface area contributed by atoms with Crippen molar-refractivity contribution in [1.82, 2.24) is 0 Å². The van der Waals surface area contributed by atoms with E-state index < -0.39 is 15.8 Å². The summed E-state index contributed by atoms with van der Waals surface area (Å²) >= 11 is 0. The summed E-state index contributed by atoms with van der Waals surface area (Å²) in [5.41, 5.74) is 1.17. The minimum atomic E-state index is -0.429. The molecule has 0 radical (unpaired) electrons. The van der Waals surface area contributed by atoms with Crippen molar-refractivity contribution in [2.24, 2.45) is 11.8 Å². The van der Waals surface area contributed by atoms with Crippen LogP contribution in [0.15, 0.2) is 121 Å². The Kier molecular flexibility index (Phi) is 8.72. The van der Waals surface area contributed by atoms with Crippen LogP contribution in [0.5, 0.6) is 0 Å². The number of hydrogen-bond acceptors (Lipinski definition) is 0. The highest BCUT2D eigenvalue weighted by Gasteiger charge is 2.34. The van der Waals surface area contributed by atoms with Crippen LogP contribution in [0.1, 0.15) is 27.7 Å². The maximum absolute atomic E-state index is 2.50. The monoisotopic (exact) mass is 482 g/mol. The Bertz CT molecular complexity index is 941. The van der Waals surface area contributed by atoms with Gasteiger partial charge in [0.1, 0.15) is 0 Å². The van der Waals surface area contributed by atoms with Gasteiger partial charge in [-0.15, -0.1) is 0 Å². The van der Waals surface area contributed by atoms with E-state index in [0.717, 1.165) is 0 Å². The van der Waals surface area contributed by atoms with Gasteiger partial charge in [-0.2, -0.15) is 0 Å². The molecule has 0 aliphatic rings. The van der Waals surface area contributed by atoms with Crippen LogP contribution >= 0.6 is 15.8 Å². The molecule has 0 aliphatic carbocycles. The molecular formula is C32H36P2. The second kappa shape index (κ2) is 11.9. The van der Waals surface area contributed by atoms with E-state index in [2.05, 4.69) is 149 Å². The second-order valence-electron chi connectivity index (χ2n) is 9.28. The maximum Gasteiger partial charge on any atom is -0.0129 e. The van der Waals surface area contributed by atoms with E-state index in [1.165, 1.54) is 21.2 Å². The topological polar surface area (TPSA) is 0 Å². The molecule has 0 spiro atoms. The summed E-state index contributed by atoms with van der Waals surface area (Å²) in [6, 6.07) is 44.7. The highest BCUT2D eigenvalue weighted by atomic mass is 31.1. The SMILES string of the molecule is C[C@@H]([C@H](C)[C@@H](C)P(c1ccccc1)c1ccccc1)[C@@H](C)P(c1ccccc1)c1ccccc1. The molecule has 0 amide bonds. The summed E-state index contributed by atoms with van der Waals surface area (Å²) in [6.45, 7) is 9.98. The quantitative estimate of drug-likeness (QED) is 0.220. The van der Waals surface area contributed by atoms with Crippen molar-refractivity contribution in [1.29, 1.82) is 0 Å². The smallest absolute Gasteiger partial charge is 0.0129 e. The van der Waals surface area contributed by atoms with Gasteiger partial charge >= 0.3 is 0 Å². The van der Waals surface area contributed by atoms with Gasteiger partial charge in [0.2, 0.25) is 0 Å². The molecule has 0 saturated carbocycles. The van der Waals surface area contributed by atoms with E-state index >= 15 is 0 Å². The highest BCUT2D eigenvalue weighted by Crippen LogP contribution is 2.50. The Labute approximate surface area is 209 Å². The first-order valence-corrected chi connectivity index (χ1v) is 15.2. The predicted molar refractivity (Wildman–Crippen MR) is 155 cm³/mol. The molecule has 4 atom stereocenters. The van der Waals surface area contributed by atoms with E-state index in [1.807, 2.05) is 0 Å². The fourth-order valence-corrected chi connectivity index (χ4v) is 10.9. The first kappa shape index (κ1) is 24.9. The van der Waals surface area contributed by atoms with Gasteiger partial charge < -0.3 is 0 Å². The minimum absolute atomic E-state index is 0.429. The first-order chi connectivity index (χ1) is 16.6. The van der Waals surface area contributed by atoms with Gasteiger partial charge in [-0.25, -0.2) is 0 Å². The van der Waals surface area contributed by atoms with Crippen LogP contribution in [-0.2, 0) is 0 Å². The van der Waals surface area contributed by atoms with Gasteiger partial charge in [-0.05, 0) is 60.2 Å². The van der Waals surface area contributed by atoms with Crippen LogP contribution in [0.25, 0.3) is 0 Å². The summed E-state index contributed by atoms with van der Waals surface area (Å²) in [5, 5.41) is 5.93. The molecule has 4 aromatic carbocycles. The van der Waals surface area contributed by atoms with Crippen molar-refractivity contribution in [2.75, 3.05) is 0 Å². The van der Waals surface area contributed by atoms with Crippen molar-refractivity contribution < 1.29 is 0 Å². The van der Waals surface area contributed by atoms with Crippen LogP contribution in [-0.4, -0.2) is 11.3 Å². The molecule has 0 aromatic heterocycles. The van der Waals surface area contributed by atoms with Crippen LogP contribution in [0.4, 0.5) is 0 Å². The summed E-state index contributed by atoms with van der Waals surface area (Å²) in [7, 11) is -0.859. The van der Waals surface area contributed by atoms with Gasteiger partial charge in [0.25, 0.3) is 0 Å². The molecule has 34 heavy (non-hydrogen) atoms. The zero-order chi connectivity index (χ0) is 23.9. The zero-order valence-electron chi connectivity index (χ0n) is 20.8. The van der Waals surface area contributed by atoms with Crippen molar-refractivity contribution in [3.8, 4) is 0 Å². The summed E-state index contributed by atoms with van der Waals surface area (Å²) in [4.78, 5) is 0. The standard InChI is InChI=1S/C32H36P2/c1-25(27(3)33(29-17-9-5-10-18-29)30-19-11-6-12-20-30)26(2)28(4)34(31-21-13-7-14-22-31)32-23-15-8-16-24-32/h5-28H,1-4H3/t25-,26-,27+,28+/m0/s1. The number of benzene rings is 4. The molecule has 0 aliphatic heterocycles. The lowest BCUT2D eigenvalue weighted by atomic mass is 9.91. The second-order valence-corrected chi connectivity index (χ2v) is 14.5. The fraction of sp³-hybridized carbons (Fsp3) is 0.250. The van der Waals surface area contributed by atoms with Crippen LogP contribution in [0.2, 0.25) is 0 Å². The van der Waals surface area contributed by atoms with E-state index in [1.54, 1.807) is 0 Å². The van der Waals surface area contributed by atoms with Crippen molar-refractivity contribution in [2.45, 2.75) is 39.0 Å². The molecule has 4 rings (SSSR count). The first-order valence-electron chi connectivity index (χ1n) is 12.4. The Morgan fingerprint density at radius 2 is 0.559 bits per heavy atom. The fourth-order valence-electron chi connectivity index (χ4n) is 4.94. The summed E-state index contributed by atoms with van der Waals surface area (Å²) < 4.78 is 0. The molecule has 2 heteroatoms. The maximum atomic E-state index is 2.50. The molecule has 0 nitrogen and oxygen atoms in total. The lowest BCUT2D eigenvalue weighted by molar-refractivity contribution is 0.380. The van der Waals surface area contributed by atoms with Gasteiger partial charge in [-0.3, -0.25) is 0 Å². The Morgan fingerprint density at radius 1 is 0.353 bits per heavy atom. The minimum Gasteiger partial charge on any atom is -0.0622 e. The number of rotatable bonds is 9. The summed E-state index contributed by atoms with van der Waals surface area (Å²) in [5.74, 6) is 1.19. The van der Waals surface area contributed by atoms with Crippen LogP contribution in [0.3, 0.4) is 0 Å². The largest absolute Gasteiger partial charge is 0.0622 e. The Hall–Kier alpha value is -2.26.